The van der Waals surface area contributed by atoms with E-state index < -0.39 is 0 Å². The van der Waals surface area contributed by atoms with Gasteiger partial charge in [0.15, 0.2) is 0 Å². The maximum absolute atomic E-state index is 11.7. The molecular formula is C23H24N2O2. The van der Waals surface area contributed by atoms with Crippen LogP contribution in [-0.4, -0.2) is 30.0 Å². The zero-order chi connectivity index (χ0) is 19.2. The summed E-state index contributed by atoms with van der Waals surface area (Å²) in [7, 11) is 0. The predicted octanol–water partition coefficient (Wildman–Crippen LogP) is 4.34. The van der Waals surface area contributed by atoms with E-state index in [4.69, 9.17) is 4.74 Å². The van der Waals surface area contributed by atoms with Crippen LogP contribution in [0, 0.1) is 11.3 Å². The number of likely N-dealkylation sites (tertiary alicyclic amines) is 1. The molecule has 1 amide bonds. The molecule has 27 heavy (non-hydrogen) atoms. The van der Waals surface area contributed by atoms with Crippen LogP contribution in [0.5, 0.6) is 5.75 Å². The normalized spacial score (nSPS) is 14.4. The molecule has 0 aliphatic carbocycles. The number of nitriles is 1. The molecule has 1 heterocycles. The number of benzene rings is 2. The van der Waals surface area contributed by atoms with Crippen LogP contribution in [0.3, 0.4) is 0 Å². The third kappa shape index (κ3) is 4.38. The Hall–Kier alpha value is -3.06. The molecule has 138 valence electrons. The molecule has 4 heteroatoms. The van der Waals surface area contributed by atoms with Crippen LogP contribution >= 0.6 is 0 Å². The van der Waals surface area contributed by atoms with Crippen LogP contribution in [-0.2, 0) is 11.2 Å². The minimum absolute atomic E-state index is 0.0293. The van der Waals surface area contributed by atoms with E-state index in [0.717, 1.165) is 30.4 Å². The van der Waals surface area contributed by atoms with Gasteiger partial charge in [0.2, 0.25) is 5.91 Å². The highest BCUT2D eigenvalue weighted by molar-refractivity contribution is 5.87. The molecule has 0 radical (unpaired) electrons. The molecule has 0 spiro atoms. The number of hydrogen-bond acceptors (Lipinski definition) is 3. The Balaban J connectivity index is 1.80. The predicted molar refractivity (Wildman–Crippen MR) is 106 cm³/mol. The fourth-order valence-corrected chi connectivity index (χ4v) is 3.51. The first-order valence-electron chi connectivity index (χ1n) is 9.36. The van der Waals surface area contributed by atoms with E-state index >= 15 is 0 Å². The average Bonchev–Trinajstić information content (AvgIpc) is 2.73. The molecule has 4 nitrogen and oxygen atoms in total. The second kappa shape index (κ2) is 8.55. The van der Waals surface area contributed by atoms with Crippen molar-refractivity contribution in [2.24, 2.45) is 0 Å². The lowest BCUT2D eigenvalue weighted by Crippen LogP contribution is -2.41. The van der Waals surface area contributed by atoms with Gasteiger partial charge in [0, 0.05) is 25.9 Å². The van der Waals surface area contributed by atoms with Gasteiger partial charge in [0.1, 0.15) is 11.9 Å². The molecule has 2 aromatic rings. The summed E-state index contributed by atoms with van der Waals surface area (Å²) in [6, 6.07) is 16.2. The number of carbonyl (C=O) groups excluding carboxylic acids is 1. The Labute approximate surface area is 160 Å². The number of amides is 1. The smallest absolute Gasteiger partial charge is 0.245 e. The summed E-state index contributed by atoms with van der Waals surface area (Å²) in [4.78, 5) is 13.5. The van der Waals surface area contributed by atoms with Crippen molar-refractivity contribution in [3.8, 4) is 22.9 Å². The third-order valence-electron chi connectivity index (χ3n) is 4.98. The van der Waals surface area contributed by atoms with Gasteiger partial charge in [-0.25, -0.2) is 0 Å². The van der Waals surface area contributed by atoms with Crippen LogP contribution in [0.25, 0.3) is 11.1 Å². The van der Waals surface area contributed by atoms with E-state index in [1.165, 1.54) is 11.6 Å². The van der Waals surface area contributed by atoms with Crippen LogP contribution in [0.2, 0.25) is 0 Å². The van der Waals surface area contributed by atoms with Gasteiger partial charge < -0.3 is 9.64 Å². The fraction of sp³-hybridized carbons (Fsp3) is 0.304. The van der Waals surface area contributed by atoms with Crippen molar-refractivity contribution in [3.63, 3.8) is 0 Å². The van der Waals surface area contributed by atoms with E-state index in [-0.39, 0.29) is 12.0 Å². The van der Waals surface area contributed by atoms with Crippen LogP contribution < -0.4 is 4.74 Å². The number of nitrogens with zero attached hydrogens (tertiary/aromatic N) is 2. The van der Waals surface area contributed by atoms with Gasteiger partial charge >= 0.3 is 0 Å². The Morgan fingerprint density at radius 1 is 1.30 bits per heavy atom. The third-order valence-corrected chi connectivity index (χ3v) is 4.98. The number of rotatable bonds is 5. The highest BCUT2D eigenvalue weighted by atomic mass is 16.5. The zero-order valence-corrected chi connectivity index (χ0v) is 15.6. The number of aryl methyl sites for hydroxylation is 1. The van der Waals surface area contributed by atoms with Crippen LogP contribution in [0.4, 0.5) is 0 Å². The summed E-state index contributed by atoms with van der Waals surface area (Å²) in [5, 5.41) is 9.43. The molecule has 0 unspecified atom stereocenters. The Bertz CT molecular complexity index is 874. The van der Waals surface area contributed by atoms with Crippen molar-refractivity contribution in [3.05, 3.63) is 66.2 Å². The molecule has 2 aromatic carbocycles. The van der Waals surface area contributed by atoms with Gasteiger partial charge in [-0.05, 0) is 47.4 Å². The van der Waals surface area contributed by atoms with E-state index in [1.807, 2.05) is 24.3 Å². The first-order valence-corrected chi connectivity index (χ1v) is 9.36. The van der Waals surface area contributed by atoms with Crippen molar-refractivity contribution >= 4 is 5.91 Å². The quantitative estimate of drug-likeness (QED) is 0.745. The Kier molecular flexibility index (Phi) is 5.93. The molecule has 0 saturated carbocycles. The van der Waals surface area contributed by atoms with Crippen molar-refractivity contribution < 1.29 is 9.53 Å². The molecule has 1 aliphatic heterocycles. The van der Waals surface area contributed by atoms with Crippen molar-refractivity contribution in [1.29, 1.82) is 5.26 Å². The summed E-state index contributed by atoms with van der Waals surface area (Å²) in [5.41, 5.74) is 3.97. The number of hydrogen-bond donors (Lipinski definition) is 0. The molecule has 0 N–H and O–H groups in total. The van der Waals surface area contributed by atoms with E-state index in [9.17, 15) is 10.1 Å². The van der Waals surface area contributed by atoms with Crippen molar-refractivity contribution in [1.82, 2.24) is 4.90 Å². The SMILES string of the molecule is C=CC(=O)N1CCC(Oc2cc(C#N)cc(-c3ccccc3CC)c2)CC1. The zero-order valence-electron chi connectivity index (χ0n) is 15.6. The van der Waals surface area contributed by atoms with Gasteiger partial charge in [-0.2, -0.15) is 5.26 Å². The minimum Gasteiger partial charge on any atom is -0.490 e. The van der Waals surface area contributed by atoms with Gasteiger partial charge in [-0.3, -0.25) is 4.79 Å². The number of ether oxygens (including phenoxy) is 1. The van der Waals surface area contributed by atoms with Gasteiger partial charge in [0.05, 0.1) is 11.6 Å². The Morgan fingerprint density at radius 2 is 2.04 bits per heavy atom. The molecule has 0 aromatic heterocycles. The van der Waals surface area contributed by atoms with Crippen LogP contribution in [0.1, 0.15) is 30.9 Å². The minimum atomic E-state index is -0.0293. The van der Waals surface area contributed by atoms with Gasteiger partial charge in [-0.1, -0.05) is 37.8 Å². The number of carbonyl (C=O) groups is 1. The molecule has 1 fully saturated rings. The molecule has 3 rings (SSSR count). The topological polar surface area (TPSA) is 53.3 Å². The van der Waals surface area contributed by atoms with E-state index in [0.29, 0.717) is 24.4 Å². The summed E-state index contributed by atoms with van der Waals surface area (Å²) in [5.74, 6) is 0.682. The number of piperidine rings is 1. The largest absolute Gasteiger partial charge is 0.490 e. The average molecular weight is 360 g/mol. The summed E-state index contributed by atoms with van der Waals surface area (Å²) < 4.78 is 6.18. The van der Waals surface area contributed by atoms with Gasteiger partial charge in [0.25, 0.3) is 0 Å². The van der Waals surface area contributed by atoms with Crippen LogP contribution in [0.15, 0.2) is 55.1 Å². The summed E-state index contributed by atoms with van der Waals surface area (Å²) >= 11 is 0. The standard InChI is InChI=1S/C23H24N2O2/c1-3-18-7-5-6-8-22(18)19-13-17(16-24)14-21(15-19)27-20-9-11-25(12-10-20)23(26)4-2/h4-8,13-15,20H,2-3,9-12H2,1H3. The first kappa shape index (κ1) is 18.7. The molecule has 0 bridgehead atoms. The molecular weight excluding hydrogens is 336 g/mol. The monoisotopic (exact) mass is 360 g/mol. The molecule has 1 aliphatic rings. The van der Waals surface area contributed by atoms with E-state index in [2.05, 4.69) is 31.7 Å². The lowest BCUT2D eigenvalue weighted by molar-refractivity contribution is -0.127. The molecule has 1 saturated heterocycles. The lowest BCUT2D eigenvalue weighted by atomic mass is 9.96. The molecule has 0 atom stereocenters. The van der Waals surface area contributed by atoms with Crippen molar-refractivity contribution in [2.75, 3.05) is 13.1 Å². The van der Waals surface area contributed by atoms with Crippen molar-refractivity contribution in [2.45, 2.75) is 32.3 Å². The second-order valence-electron chi connectivity index (χ2n) is 6.72. The maximum Gasteiger partial charge on any atom is 0.245 e. The summed E-state index contributed by atoms with van der Waals surface area (Å²) in [6.07, 6.45) is 3.88. The lowest BCUT2D eigenvalue weighted by Gasteiger charge is -2.31. The highest BCUT2D eigenvalue weighted by Crippen LogP contribution is 2.30. The fourth-order valence-electron chi connectivity index (χ4n) is 3.51. The maximum atomic E-state index is 11.7. The highest BCUT2D eigenvalue weighted by Gasteiger charge is 2.23. The summed E-state index contributed by atoms with van der Waals surface area (Å²) in [6.45, 7) is 7.00. The Morgan fingerprint density at radius 3 is 2.70 bits per heavy atom. The van der Waals surface area contributed by atoms with Gasteiger partial charge in [-0.15, -0.1) is 0 Å². The second-order valence-corrected chi connectivity index (χ2v) is 6.72. The first-order chi connectivity index (χ1) is 13.1. The van der Waals surface area contributed by atoms with E-state index in [1.54, 1.807) is 11.0 Å².